The Morgan fingerprint density at radius 3 is 1.40 bits per heavy atom. The zero-order chi connectivity index (χ0) is 7.66. The van der Waals surface area contributed by atoms with Crippen molar-refractivity contribution in [2.45, 2.75) is 0 Å². The number of hydrogen-bond donors (Lipinski definition) is 0. The first-order valence-corrected chi connectivity index (χ1v) is 3.36. The monoisotopic (exact) mass is 146 g/mol. The van der Waals surface area contributed by atoms with Crippen LogP contribution < -0.4 is 11.5 Å². The molecular weight excluding hydrogens is 132 g/mol. The number of hydrogen-bond acceptors (Lipinski definition) is 2. The molecule has 60 valence electrons. The molecule has 2 radical (unpaired) electrons. The number of nitrogens with one attached hydrogen (secondary N) is 2. The molecule has 4 nitrogen and oxygen atoms in total. The van der Waals surface area contributed by atoms with E-state index in [1.165, 1.54) is 0 Å². The Labute approximate surface area is 61.5 Å². The highest BCUT2D eigenvalue weighted by Crippen LogP contribution is 1.76. The molecule has 0 spiro atoms. The lowest BCUT2D eigenvalue weighted by Gasteiger charge is -2.01. The maximum Gasteiger partial charge on any atom is 0.0701 e. The molecule has 0 aromatic carbocycles. The quantitative estimate of drug-likeness (QED) is 0.458. The molecule has 4 heteroatoms. The summed E-state index contributed by atoms with van der Waals surface area (Å²) in [6.45, 7) is 2.64. The van der Waals surface area contributed by atoms with Gasteiger partial charge < -0.3 is 9.47 Å². The lowest BCUT2D eigenvalue weighted by Crippen LogP contribution is -2.09. The second kappa shape index (κ2) is 8.84. The molecule has 0 saturated carbocycles. The molecule has 0 aromatic heterocycles. The van der Waals surface area contributed by atoms with Crippen LogP contribution in [0.25, 0.3) is 0 Å². The second-order valence-electron chi connectivity index (χ2n) is 1.72. The SMILES string of the molecule is [NH]CCOCCOCC[NH]. The van der Waals surface area contributed by atoms with Crippen LogP contribution in [-0.2, 0) is 9.47 Å². The smallest absolute Gasteiger partial charge is 0.0701 e. The van der Waals surface area contributed by atoms with Gasteiger partial charge in [-0.3, -0.25) is 11.5 Å². The summed E-state index contributed by atoms with van der Waals surface area (Å²) >= 11 is 0. The van der Waals surface area contributed by atoms with Crippen molar-refractivity contribution < 1.29 is 9.47 Å². The van der Waals surface area contributed by atoms with E-state index >= 15 is 0 Å². The van der Waals surface area contributed by atoms with Gasteiger partial charge in [0.1, 0.15) is 0 Å². The van der Waals surface area contributed by atoms with Crippen molar-refractivity contribution in [1.29, 1.82) is 0 Å². The molecule has 0 aliphatic rings. The standard InChI is InChI=1S/C6H14N2O2/c7-1-3-9-5-6-10-4-2-8/h7-8H,1-6H2. The average Bonchev–Trinajstić information content (AvgIpc) is 1.97. The van der Waals surface area contributed by atoms with Gasteiger partial charge in [-0.05, 0) is 0 Å². The van der Waals surface area contributed by atoms with E-state index in [-0.39, 0.29) is 0 Å². The summed E-state index contributed by atoms with van der Waals surface area (Å²) in [6.07, 6.45) is 0. The van der Waals surface area contributed by atoms with Gasteiger partial charge in [-0.2, -0.15) is 0 Å². The molecule has 0 atom stereocenters. The molecule has 0 aromatic rings. The maximum atomic E-state index is 6.72. The lowest BCUT2D eigenvalue weighted by atomic mass is 10.7. The summed E-state index contributed by atoms with van der Waals surface area (Å²) in [7, 11) is 0. The highest BCUT2D eigenvalue weighted by atomic mass is 16.5. The van der Waals surface area contributed by atoms with Crippen LogP contribution in [0.2, 0.25) is 0 Å². The van der Waals surface area contributed by atoms with Gasteiger partial charge in [0.05, 0.1) is 26.4 Å². The van der Waals surface area contributed by atoms with Gasteiger partial charge in [0.2, 0.25) is 0 Å². The van der Waals surface area contributed by atoms with Crippen molar-refractivity contribution in [1.82, 2.24) is 11.5 Å². The summed E-state index contributed by atoms with van der Waals surface area (Å²) in [5, 5.41) is 0. The van der Waals surface area contributed by atoms with Crippen LogP contribution >= 0.6 is 0 Å². The molecule has 0 rings (SSSR count). The number of ether oxygens (including phenoxy) is 2. The third-order valence-electron chi connectivity index (χ3n) is 0.865. The fraction of sp³-hybridized carbons (Fsp3) is 1.00. The van der Waals surface area contributed by atoms with Crippen LogP contribution in [0.3, 0.4) is 0 Å². The maximum absolute atomic E-state index is 6.72. The van der Waals surface area contributed by atoms with E-state index in [9.17, 15) is 0 Å². The molecule has 0 amide bonds. The van der Waals surface area contributed by atoms with Crippen LogP contribution in [0.4, 0.5) is 0 Å². The first-order valence-electron chi connectivity index (χ1n) is 3.36. The summed E-state index contributed by atoms with van der Waals surface area (Å²) in [5.41, 5.74) is 13.4. The Balaban J connectivity index is 2.65. The summed E-state index contributed by atoms with van der Waals surface area (Å²) in [6, 6.07) is 0. The fourth-order valence-electron chi connectivity index (χ4n) is 0.466. The third kappa shape index (κ3) is 7.84. The van der Waals surface area contributed by atoms with Gasteiger partial charge in [0, 0.05) is 13.1 Å². The zero-order valence-electron chi connectivity index (χ0n) is 6.06. The van der Waals surface area contributed by atoms with E-state index in [1.807, 2.05) is 0 Å². The first-order chi connectivity index (χ1) is 4.91. The highest BCUT2D eigenvalue weighted by molar-refractivity contribution is 4.33. The molecule has 0 fully saturated rings. The molecule has 0 saturated heterocycles. The minimum absolute atomic E-state index is 0.304. The van der Waals surface area contributed by atoms with Crippen LogP contribution in [0.15, 0.2) is 0 Å². The third-order valence-corrected chi connectivity index (χ3v) is 0.865. The van der Waals surface area contributed by atoms with E-state index in [0.29, 0.717) is 39.5 Å². The fourth-order valence-corrected chi connectivity index (χ4v) is 0.466. The van der Waals surface area contributed by atoms with Gasteiger partial charge in [0.15, 0.2) is 0 Å². The topological polar surface area (TPSA) is 66.1 Å². The van der Waals surface area contributed by atoms with Crippen LogP contribution in [0.1, 0.15) is 0 Å². The first kappa shape index (κ1) is 9.84. The molecule has 0 aliphatic carbocycles. The van der Waals surface area contributed by atoms with Gasteiger partial charge in [0.25, 0.3) is 0 Å². The normalized spacial score (nSPS) is 10.2. The van der Waals surface area contributed by atoms with E-state index in [0.717, 1.165) is 0 Å². The van der Waals surface area contributed by atoms with E-state index in [1.54, 1.807) is 0 Å². The van der Waals surface area contributed by atoms with Crippen molar-refractivity contribution in [3.8, 4) is 0 Å². The second-order valence-corrected chi connectivity index (χ2v) is 1.72. The largest absolute Gasteiger partial charge is 0.378 e. The van der Waals surface area contributed by atoms with E-state index in [4.69, 9.17) is 20.9 Å². The Bertz CT molecular complexity index is 53.7. The predicted molar refractivity (Wildman–Crippen MR) is 37.6 cm³/mol. The molecule has 0 heterocycles. The number of rotatable bonds is 7. The Kier molecular flexibility index (Phi) is 8.70. The van der Waals surface area contributed by atoms with Crippen LogP contribution in [-0.4, -0.2) is 39.5 Å². The summed E-state index contributed by atoms with van der Waals surface area (Å²) < 4.78 is 9.91. The van der Waals surface area contributed by atoms with Crippen LogP contribution in [0, 0.1) is 0 Å². The van der Waals surface area contributed by atoms with Crippen molar-refractivity contribution >= 4 is 0 Å². The van der Waals surface area contributed by atoms with Gasteiger partial charge in [-0.1, -0.05) is 0 Å². The average molecular weight is 146 g/mol. The molecule has 0 bridgehead atoms. The van der Waals surface area contributed by atoms with Crippen molar-refractivity contribution in [2.75, 3.05) is 39.5 Å². The van der Waals surface area contributed by atoms with Gasteiger partial charge in [-0.25, -0.2) is 0 Å². The molecule has 2 N–H and O–H groups in total. The van der Waals surface area contributed by atoms with Crippen molar-refractivity contribution in [3.63, 3.8) is 0 Å². The minimum atomic E-state index is 0.304. The molecule has 10 heavy (non-hydrogen) atoms. The Morgan fingerprint density at radius 1 is 0.700 bits per heavy atom. The zero-order valence-corrected chi connectivity index (χ0v) is 6.06. The molecular formula is C6H14N2O2. The van der Waals surface area contributed by atoms with Gasteiger partial charge >= 0.3 is 0 Å². The van der Waals surface area contributed by atoms with E-state index < -0.39 is 0 Å². The predicted octanol–water partition coefficient (Wildman–Crippen LogP) is -0.415. The van der Waals surface area contributed by atoms with Crippen molar-refractivity contribution in [3.05, 3.63) is 0 Å². The summed E-state index contributed by atoms with van der Waals surface area (Å²) in [5.74, 6) is 0. The van der Waals surface area contributed by atoms with Gasteiger partial charge in [-0.15, -0.1) is 0 Å². The molecule has 0 unspecified atom stereocenters. The minimum Gasteiger partial charge on any atom is -0.378 e. The molecule has 0 aliphatic heterocycles. The lowest BCUT2D eigenvalue weighted by molar-refractivity contribution is 0.0532. The van der Waals surface area contributed by atoms with E-state index in [2.05, 4.69) is 0 Å². The van der Waals surface area contributed by atoms with Crippen molar-refractivity contribution in [2.24, 2.45) is 0 Å². The van der Waals surface area contributed by atoms with Crippen LogP contribution in [0.5, 0.6) is 0 Å². The highest BCUT2D eigenvalue weighted by Gasteiger charge is 1.86. The Morgan fingerprint density at radius 2 is 1.10 bits per heavy atom. The Hall–Kier alpha value is -0.160. The summed E-state index contributed by atoms with van der Waals surface area (Å²) in [4.78, 5) is 0.